The highest BCUT2D eigenvalue weighted by Crippen LogP contribution is 2.38. The molecule has 1 saturated carbocycles. The van der Waals surface area contributed by atoms with E-state index in [0.717, 1.165) is 59.0 Å². The lowest BCUT2D eigenvalue weighted by molar-refractivity contribution is -0.660. The van der Waals surface area contributed by atoms with Crippen LogP contribution in [-0.2, 0) is 7.05 Å². The Morgan fingerprint density at radius 3 is 2.67 bits per heavy atom. The highest BCUT2D eigenvalue weighted by atomic mass is 16.3. The minimum absolute atomic E-state index is 0.573. The van der Waals surface area contributed by atoms with Crippen molar-refractivity contribution in [3.05, 3.63) is 59.9 Å². The molecule has 4 aromatic rings. The van der Waals surface area contributed by atoms with Gasteiger partial charge in [0.05, 0.1) is 5.56 Å². The molecular weight excluding hydrogens is 332 g/mol. The molecule has 0 spiro atoms. The molecule has 27 heavy (non-hydrogen) atoms. The van der Waals surface area contributed by atoms with Crippen LogP contribution in [0.4, 0.5) is 0 Å². The van der Waals surface area contributed by atoms with Gasteiger partial charge in [0.15, 0.2) is 11.8 Å². The van der Waals surface area contributed by atoms with Gasteiger partial charge < -0.3 is 4.42 Å². The Morgan fingerprint density at radius 1 is 1.04 bits per heavy atom. The summed E-state index contributed by atoms with van der Waals surface area (Å²) in [6.07, 6.45) is 7.27. The lowest BCUT2D eigenvalue weighted by Gasteiger charge is -2.20. The van der Waals surface area contributed by atoms with Crippen LogP contribution in [0.1, 0.15) is 50.6 Å². The number of nitrogens with zero attached hydrogens (tertiary/aromatic N) is 2. The molecule has 0 bridgehead atoms. The van der Waals surface area contributed by atoms with Crippen molar-refractivity contribution in [1.29, 1.82) is 0 Å². The summed E-state index contributed by atoms with van der Waals surface area (Å²) < 4.78 is 17.4. The molecule has 1 aliphatic carbocycles. The Hall–Kier alpha value is -2.68. The fourth-order valence-corrected chi connectivity index (χ4v) is 4.35. The molecule has 0 saturated heterocycles. The van der Waals surface area contributed by atoms with Gasteiger partial charge in [-0.25, -0.2) is 9.55 Å². The first kappa shape index (κ1) is 15.4. The van der Waals surface area contributed by atoms with Crippen LogP contribution >= 0.6 is 0 Å². The summed E-state index contributed by atoms with van der Waals surface area (Å²) in [5.41, 5.74) is 5.78. The van der Waals surface area contributed by atoms with E-state index in [4.69, 9.17) is 10.8 Å². The fraction of sp³-hybridized carbons (Fsp3) is 0.333. The highest BCUT2D eigenvalue weighted by Gasteiger charge is 2.22. The van der Waals surface area contributed by atoms with Gasteiger partial charge in [0.2, 0.25) is 11.4 Å². The molecule has 0 radical (unpaired) electrons. The molecule has 0 amide bonds. The number of rotatable bonds is 2. The highest BCUT2D eigenvalue weighted by molar-refractivity contribution is 6.08. The van der Waals surface area contributed by atoms with E-state index in [-0.39, 0.29) is 0 Å². The maximum Gasteiger partial charge on any atom is 0.227 e. The van der Waals surface area contributed by atoms with E-state index >= 15 is 0 Å². The van der Waals surface area contributed by atoms with Crippen LogP contribution < -0.4 is 4.57 Å². The molecule has 136 valence electrons. The van der Waals surface area contributed by atoms with Crippen LogP contribution in [0.3, 0.4) is 0 Å². The van der Waals surface area contributed by atoms with E-state index in [2.05, 4.69) is 55.1 Å². The predicted molar refractivity (Wildman–Crippen MR) is 109 cm³/mol. The third-order valence-electron chi connectivity index (χ3n) is 5.85. The lowest BCUT2D eigenvalue weighted by atomic mass is 9.86. The monoisotopic (exact) mass is 358 g/mol. The zero-order valence-electron chi connectivity index (χ0n) is 17.0. The smallest absolute Gasteiger partial charge is 0.227 e. The number of furan rings is 1. The van der Waals surface area contributed by atoms with E-state index in [1.54, 1.807) is 0 Å². The Bertz CT molecular complexity index is 1190. The number of hydrogen-bond donors (Lipinski definition) is 0. The van der Waals surface area contributed by atoms with Gasteiger partial charge in [0, 0.05) is 35.9 Å². The van der Waals surface area contributed by atoms with Crippen molar-refractivity contribution in [3.63, 3.8) is 0 Å². The van der Waals surface area contributed by atoms with Crippen molar-refractivity contribution in [3.8, 4) is 11.3 Å². The summed E-state index contributed by atoms with van der Waals surface area (Å²) in [5, 5.41) is 2.11. The van der Waals surface area contributed by atoms with Crippen molar-refractivity contribution in [1.82, 2.24) is 4.98 Å². The molecule has 1 aromatic carbocycles. The predicted octanol–water partition coefficient (Wildman–Crippen LogP) is 5.83. The Morgan fingerprint density at radius 2 is 1.85 bits per heavy atom. The second-order valence-corrected chi connectivity index (χ2v) is 7.65. The second kappa shape index (κ2) is 6.49. The van der Waals surface area contributed by atoms with Gasteiger partial charge in [-0.15, -0.1) is 0 Å². The zero-order valence-corrected chi connectivity index (χ0v) is 16.0. The van der Waals surface area contributed by atoms with Crippen LogP contribution in [0.15, 0.2) is 53.1 Å². The van der Waals surface area contributed by atoms with E-state index in [0.29, 0.717) is 5.71 Å². The molecule has 3 heterocycles. The van der Waals surface area contributed by atoms with E-state index in [1.807, 2.05) is 12.1 Å². The average Bonchev–Trinajstić information content (AvgIpc) is 3.07. The largest absolute Gasteiger partial charge is 0.437 e. The Labute approximate surface area is 161 Å². The average molecular weight is 358 g/mol. The van der Waals surface area contributed by atoms with Crippen molar-refractivity contribution < 1.29 is 10.4 Å². The number of hydrogen-bond acceptors (Lipinski definition) is 2. The fourth-order valence-electron chi connectivity index (χ4n) is 4.35. The van der Waals surface area contributed by atoms with Crippen molar-refractivity contribution >= 4 is 22.1 Å². The number of fused-ring (bicyclic) bond motifs is 3. The maximum atomic E-state index is 8.90. The Balaban J connectivity index is 1.74. The van der Waals surface area contributed by atoms with Crippen molar-refractivity contribution in [2.75, 3.05) is 0 Å². The first-order valence-electron chi connectivity index (χ1n) is 10.4. The first-order chi connectivity index (χ1) is 13.6. The summed E-state index contributed by atoms with van der Waals surface area (Å²) in [7, 11) is 2.06. The minimum atomic E-state index is -0.573. The molecule has 3 heteroatoms. The van der Waals surface area contributed by atoms with Crippen molar-refractivity contribution in [2.24, 2.45) is 7.05 Å². The van der Waals surface area contributed by atoms with Crippen LogP contribution in [0.25, 0.3) is 33.3 Å². The number of pyridine rings is 2. The lowest BCUT2D eigenvalue weighted by Crippen LogP contribution is -2.30. The number of aryl methyl sites for hydroxylation is 2. The van der Waals surface area contributed by atoms with Crippen LogP contribution in [0, 0.1) is 6.92 Å². The van der Waals surface area contributed by atoms with Gasteiger partial charge >= 0.3 is 0 Å². The quantitative estimate of drug-likeness (QED) is 0.422. The molecule has 5 rings (SSSR count). The Kier molecular flexibility index (Phi) is 3.70. The summed E-state index contributed by atoms with van der Waals surface area (Å²) in [5.74, 6) is -0.573. The minimum Gasteiger partial charge on any atom is -0.437 e. The molecule has 0 aliphatic heterocycles. The summed E-state index contributed by atoms with van der Waals surface area (Å²) in [4.78, 5) is 4.83. The van der Waals surface area contributed by atoms with Gasteiger partial charge in [-0.1, -0.05) is 31.4 Å². The van der Waals surface area contributed by atoms with Crippen LogP contribution in [0.5, 0.6) is 0 Å². The van der Waals surface area contributed by atoms with Gasteiger partial charge in [0.25, 0.3) is 0 Å². The molecule has 3 aromatic heterocycles. The van der Waals surface area contributed by atoms with Gasteiger partial charge in [-0.05, 0) is 43.5 Å². The molecule has 0 atom stereocenters. The number of aromatic nitrogens is 2. The third kappa shape index (κ3) is 2.73. The van der Waals surface area contributed by atoms with Gasteiger partial charge in [0.1, 0.15) is 7.05 Å². The standard InChI is InChI=1S/C24H25N2O/c1-16-11-12-18-19-13-14-20(17-8-4-3-5-9-17)25-24(19)27-23(18)22(16)21-10-6-7-15-26(21)2/h6-7,10-15,17H,3-5,8-9H2,1-2H3/q+1/i17D. The summed E-state index contributed by atoms with van der Waals surface area (Å²) in [6, 6.07) is 14.6. The van der Waals surface area contributed by atoms with Crippen LogP contribution in [-0.4, -0.2) is 4.98 Å². The molecule has 3 nitrogen and oxygen atoms in total. The second-order valence-electron chi connectivity index (χ2n) is 7.65. The van der Waals surface area contributed by atoms with Gasteiger partial charge in [-0.3, -0.25) is 0 Å². The van der Waals surface area contributed by atoms with E-state index in [1.165, 1.54) is 12.0 Å². The SMILES string of the molecule is [2H]C1(c2ccc3c(n2)oc2c(-c4cccc[n+]4C)c(C)ccc23)CCCCC1. The number of benzene rings is 1. The van der Waals surface area contributed by atoms with Crippen molar-refractivity contribution in [2.45, 2.75) is 44.9 Å². The summed E-state index contributed by atoms with van der Waals surface area (Å²) in [6.45, 7) is 2.12. The topological polar surface area (TPSA) is 29.9 Å². The third-order valence-corrected chi connectivity index (χ3v) is 5.85. The van der Waals surface area contributed by atoms with Gasteiger partial charge in [-0.2, -0.15) is 0 Å². The maximum absolute atomic E-state index is 8.90. The normalized spacial score (nSPS) is 17.3. The van der Waals surface area contributed by atoms with E-state index in [9.17, 15) is 0 Å². The van der Waals surface area contributed by atoms with E-state index < -0.39 is 5.89 Å². The summed E-state index contributed by atoms with van der Waals surface area (Å²) >= 11 is 0. The van der Waals surface area contributed by atoms with Crippen LogP contribution in [0.2, 0.25) is 0 Å². The first-order valence-corrected chi connectivity index (χ1v) is 9.85. The molecule has 0 unspecified atom stereocenters. The zero-order chi connectivity index (χ0) is 19.3. The molecule has 0 N–H and O–H groups in total. The molecule has 1 fully saturated rings. The molecule has 1 aliphatic rings. The molecular formula is C24H25N2O+.